The Hall–Kier alpha value is -4.69. The minimum Gasteiger partial charge on any atom is -0.325 e. The molecule has 42 heavy (non-hydrogen) atoms. The van der Waals surface area contributed by atoms with Gasteiger partial charge in [-0.2, -0.15) is 0 Å². The Morgan fingerprint density at radius 1 is 0.857 bits per heavy atom. The van der Waals surface area contributed by atoms with E-state index in [2.05, 4.69) is 22.9 Å². The highest BCUT2D eigenvalue weighted by Gasteiger charge is 2.18. The van der Waals surface area contributed by atoms with Gasteiger partial charge in [-0.3, -0.25) is 14.4 Å². The Bertz CT molecular complexity index is 1600. The maximum Gasteiger partial charge on any atom is 0.272 e. The third kappa shape index (κ3) is 7.95. The highest BCUT2D eigenvalue weighted by Crippen LogP contribution is 2.27. The summed E-state index contributed by atoms with van der Waals surface area (Å²) in [6.45, 7) is 5.87. The van der Waals surface area contributed by atoms with Gasteiger partial charge in [0.05, 0.1) is 5.25 Å². The normalized spacial score (nSPS) is 11.9. The van der Waals surface area contributed by atoms with Gasteiger partial charge >= 0.3 is 0 Å². The lowest BCUT2D eigenvalue weighted by atomic mass is 10.1. The summed E-state index contributed by atoms with van der Waals surface area (Å²) >= 11 is 1.40. The molecule has 4 aromatic rings. The molecule has 0 aliphatic rings. The van der Waals surface area contributed by atoms with Crippen LogP contribution in [0.2, 0.25) is 0 Å². The van der Waals surface area contributed by atoms with Crippen molar-refractivity contribution in [2.24, 2.45) is 0 Å². The lowest BCUT2D eigenvalue weighted by molar-refractivity contribution is -0.115. The van der Waals surface area contributed by atoms with Gasteiger partial charge in [0.15, 0.2) is 0 Å². The molecule has 4 aromatic carbocycles. The van der Waals surface area contributed by atoms with Crippen LogP contribution in [-0.2, 0) is 16.0 Å². The second-order valence-electron chi connectivity index (χ2n) is 9.59. The van der Waals surface area contributed by atoms with Crippen LogP contribution in [0.1, 0.15) is 40.9 Å². The molecule has 0 aliphatic carbocycles. The van der Waals surface area contributed by atoms with E-state index in [1.165, 1.54) is 30.0 Å². The molecule has 0 bridgehead atoms. The molecule has 3 N–H and O–H groups in total. The molecule has 6 nitrogen and oxygen atoms in total. The number of carbonyl (C=O) groups is 3. The van der Waals surface area contributed by atoms with Crippen LogP contribution in [0.25, 0.3) is 6.08 Å². The summed E-state index contributed by atoms with van der Waals surface area (Å²) in [6.07, 6.45) is 2.12. The van der Waals surface area contributed by atoms with Crippen molar-refractivity contribution >= 4 is 46.9 Å². The highest BCUT2D eigenvalue weighted by atomic mass is 32.2. The van der Waals surface area contributed by atoms with Crippen LogP contribution < -0.4 is 16.0 Å². The van der Waals surface area contributed by atoms with Crippen LogP contribution in [0.15, 0.2) is 108 Å². The van der Waals surface area contributed by atoms with Crippen LogP contribution >= 0.6 is 11.8 Å². The third-order valence-electron chi connectivity index (χ3n) is 6.52. The molecule has 1 atom stereocenters. The van der Waals surface area contributed by atoms with Crippen LogP contribution in [0.3, 0.4) is 0 Å². The van der Waals surface area contributed by atoms with Gasteiger partial charge in [-0.25, -0.2) is 4.39 Å². The van der Waals surface area contributed by atoms with Crippen molar-refractivity contribution in [3.63, 3.8) is 0 Å². The summed E-state index contributed by atoms with van der Waals surface area (Å²) in [4.78, 5) is 39.8. The molecule has 0 spiro atoms. The monoisotopic (exact) mass is 581 g/mol. The quantitative estimate of drug-likeness (QED) is 0.136. The fourth-order valence-electron chi connectivity index (χ4n) is 4.19. The summed E-state index contributed by atoms with van der Waals surface area (Å²) < 4.78 is 14.4. The first-order valence-electron chi connectivity index (χ1n) is 13.5. The number of amides is 3. The van der Waals surface area contributed by atoms with E-state index < -0.39 is 17.6 Å². The zero-order valence-electron chi connectivity index (χ0n) is 23.6. The fraction of sp³-hybridized carbons (Fsp3) is 0.147. The van der Waals surface area contributed by atoms with Crippen molar-refractivity contribution in [2.45, 2.75) is 37.3 Å². The van der Waals surface area contributed by atoms with Gasteiger partial charge in [-0.1, -0.05) is 61.5 Å². The molecule has 4 rings (SSSR count). The predicted octanol–water partition coefficient (Wildman–Crippen LogP) is 7.23. The number of anilines is 2. The molecule has 0 saturated carbocycles. The number of nitrogens with one attached hydrogen (secondary N) is 3. The van der Waals surface area contributed by atoms with E-state index in [9.17, 15) is 18.8 Å². The largest absolute Gasteiger partial charge is 0.325 e. The lowest BCUT2D eigenvalue weighted by Gasteiger charge is -2.16. The summed E-state index contributed by atoms with van der Waals surface area (Å²) in [7, 11) is 0. The highest BCUT2D eigenvalue weighted by molar-refractivity contribution is 8.00. The molecule has 0 radical (unpaired) electrons. The van der Waals surface area contributed by atoms with E-state index in [4.69, 9.17) is 0 Å². The number of hydrogen-bond donors (Lipinski definition) is 3. The van der Waals surface area contributed by atoms with Crippen LogP contribution in [0.4, 0.5) is 15.8 Å². The predicted molar refractivity (Wildman–Crippen MR) is 168 cm³/mol. The molecule has 1 unspecified atom stereocenters. The lowest BCUT2D eigenvalue weighted by Crippen LogP contribution is -2.30. The third-order valence-corrected chi connectivity index (χ3v) is 7.63. The average molecular weight is 582 g/mol. The molecule has 8 heteroatoms. The van der Waals surface area contributed by atoms with Crippen molar-refractivity contribution in [2.75, 3.05) is 10.6 Å². The molecule has 0 fully saturated rings. The summed E-state index contributed by atoms with van der Waals surface area (Å²) in [5.74, 6) is -1.73. The SMILES string of the molecule is CCc1cccc(C)c1NC(=O)C(C)Sc1ccc(NC(=O)/C(=C/c2ccccc2F)NC(=O)c2ccccc2)cc1. The fourth-order valence-corrected chi connectivity index (χ4v) is 5.06. The van der Waals surface area contributed by atoms with E-state index in [-0.39, 0.29) is 22.4 Å². The maximum absolute atomic E-state index is 14.4. The Morgan fingerprint density at radius 3 is 2.24 bits per heavy atom. The van der Waals surface area contributed by atoms with Gasteiger partial charge in [0.1, 0.15) is 11.5 Å². The molecule has 0 aromatic heterocycles. The smallest absolute Gasteiger partial charge is 0.272 e. The molecule has 0 aliphatic heterocycles. The van der Waals surface area contributed by atoms with Gasteiger partial charge < -0.3 is 16.0 Å². The van der Waals surface area contributed by atoms with E-state index in [0.717, 1.165) is 28.1 Å². The second kappa shape index (κ2) is 14.3. The summed E-state index contributed by atoms with van der Waals surface area (Å²) in [6, 6.07) is 27.4. The van der Waals surface area contributed by atoms with Crippen LogP contribution in [0, 0.1) is 12.7 Å². The van der Waals surface area contributed by atoms with Crippen molar-refractivity contribution in [1.29, 1.82) is 0 Å². The summed E-state index contributed by atoms with van der Waals surface area (Å²) in [5.41, 5.74) is 3.84. The first-order valence-corrected chi connectivity index (χ1v) is 14.4. The van der Waals surface area contributed by atoms with E-state index in [0.29, 0.717) is 11.3 Å². The number of para-hydroxylation sites is 1. The minimum atomic E-state index is -0.611. The number of aryl methyl sites for hydroxylation is 2. The van der Waals surface area contributed by atoms with Crippen molar-refractivity contribution in [1.82, 2.24) is 5.32 Å². The maximum atomic E-state index is 14.4. The van der Waals surface area contributed by atoms with Gasteiger partial charge in [0.25, 0.3) is 11.8 Å². The minimum absolute atomic E-state index is 0.0986. The Balaban J connectivity index is 1.44. The molecule has 0 heterocycles. The number of benzene rings is 4. The van der Waals surface area contributed by atoms with Crippen molar-refractivity contribution in [3.05, 3.63) is 131 Å². The molecule has 3 amide bonds. The average Bonchev–Trinajstić information content (AvgIpc) is 3.00. The first-order chi connectivity index (χ1) is 20.2. The molecular weight excluding hydrogens is 549 g/mol. The van der Waals surface area contributed by atoms with Crippen molar-refractivity contribution in [3.8, 4) is 0 Å². The van der Waals surface area contributed by atoms with Crippen molar-refractivity contribution < 1.29 is 18.8 Å². The van der Waals surface area contributed by atoms with Crippen LogP contribution in [0.5, 0.6) is 0 Å². The number of carbonyl (C=O) groups excluding carboxylic acids is 3. The number of hydrogen-bond acceptors (Lipinski definition) is 4. The van der Waals surface area contributed by atoms with Gasteiger partial charge in [0, 0.05) is 27.4 Å². The number of thioether (sulfide) groups is 1. The van der Waals surface area contributed by atoms with Gasteiger partial charge in [-0.15, -0.1) is 11.8 Å². The molecule has 214 valence electrons. The van der Waals surface area contributed by atoms with Gasteiger partial charge in [0.2, 0.25) is 5.91 Å². The topological polar surface area (TPSA) is 87.3 Å². The van der Waals surface area contributed by atoms with E-state index >= 15 is 0 Å². The van der Waals surface area contributed by atoms with E-state index in [1.54, 1.807) is 66.7 Å². The molecule has 0 saturated heterocycles. The Labute approximate surface area is 249 Å². The Kier molecular flexibility index (Phi) is 10.3. The van der Waals surface area contributed by atoms with Crippen LogP contribution in [-0.4, -0.2) is 23.0 Å². The Morgan fingerprint density at radius 2 is 1.55 bits per heavy atom. The zero-order chi connectivity index (χ0) is 30.1. The molecular formula is C34H32FN3O3S. The zero-order valence-corrected chi connectivity index (χ0v) is 24.4. The van der Waals surface area contributed by atoms with E-state index in [1.807, 2.05) is 32.0 Å². The second-order valence-corrected chi connectivity index (χ2v) is 11.0. The number of rotatable bonds is 10. The summed E-state index contributed by atoms with van der Waals surface area (Å²) in [5, 5.41) is 8.07. The van der Waals surface area contributed by atoms with Gasteiger partial charge in [-0.05, 0) is 79.9 Å². The first kappa shape index (κ1) is 30.3. The number of halogens is 1. The standard InChI is InChI=1S/C34H32FN3O3S/c1-4-24-15-10-11-22(2)31(24)38-32(39)23(3)42-28-19-17-27(18-20-28)36-34(41)30(21-26-14-8-9-16-29(26)35)37-33(40)25-12-6-5-7-13-25/h5-21,23H,4H2,1-3H3,(H,36,41)(H,37,40)(H,38,39)/b30-21-.